The predicted octanol–water partition coefficient (Wildman–Crippen LogP) is 4.23. The molecule has 2 saturated carbocycles. The molecule has 0 saturated heterocycles. The van der Waals surface area contributed by atoms with E-state index in [0.29, 0.717) is 17.9 Å². The molecule has 5 nitrogen and oxygen atoms in total. The molecule has 3 N–H and O–H groups in total. The van der Waals surface area contributed by atoms with E-state index in [1.165, 1.54) is 19.3 Å². The largest absolute Gasteiger partial charge is 0.346 e. The normalized spacial score (nSPS) is 27.4. The van der Waals surface area contributed by atoms with Gasteiger partial charge in [-0.2, -0.15) is 0 Å². The first-order chi connectivity index (χ1) is 12.6. The van der Waals surface area contributed by atoms with Crippen LogP contribution in [0.25, 0.3) is 11.0 Å². The van der Waals surface area contributed by atoms with Gasteiger partial charge in [0.1, 0.15) is 5.82 Å². The first kappa shape index (κ1) is 23.0. The second-order valence-corrected chi connectivity index (χ2v) is 8.13. The van der Waals surface area contributed by atoms with Crippen molar-refractivity contribution < 1.29 is 4.79 Å². The Kier molecular flexibility index (Phi) is 7.77. The Labute approximate surface area is 179 Å². The van der Waals surface area contributed by atoms with Crippen LogP contribution in [0.2, 0.25) is 0 Å². The Morgan fingerprint density at radius 1 is 1.25 bits per heavy atom. The summed E-state index contributed by atoms with van der Waals surface area (Å²) < 4.78 is 2.20. The van der Waals surface area contributed by atoms with Crippen molar-refractivity contribution >= 4 is 41.8 Å². The fourth-order valence-corrected chi connectivity index (χ4v) is 5.16. The van der Waals surface area contributed by atoms with E-state index in [1.54, 1.807) is 0 Å². The number of aryl methyl sites for hydroxylation is 1. The zero-order valence-corrected chi connectivity index (χ0v) is 18.3. The highest BCUT2D eigenvalue weighted by Gasteiger charge is 2.40. The third kappa shape index (κ3) is 4.17. The van der Waals surface area contributed by atoms with Crippen molar-refractivity contribution in [2.45, 2.75) is 64.6 Å². The molecule has 1 amide bonds. The number of carbonyl (C=O) groups excluding carboxylic acids is 1. The Bertz CT molecular complexity index is 795. The molecule has 1 heterocycles. The number of nitrogens with one attached hydrogen (secondary N) is 1. The predicted molar refractivity (Wildman–Crippen MR) is 118 cm³/mol. The number of fused-ring (bicyclic) bond motifs is 3. The van der Waals surface area contributed by atoms with E-state index in [-0.39, 0.29) is 42.7 Å². The molecule has 2 aliphatic carbocycles. The zero-order chi connectivity index (χ0) is 18.3. The van der Waals surface area contributed by atoms with Crippen molar-refractivity contribution in [3.05, 3.63) is 30.1 Å². The minimum atomic E-state index is -0.0923. The van der Waals surface area contributed by atoms with E-state index in [4.69, 9.17) is 10.7 Å². The molecule has 3 atom stereocenters. The zero-order valence-electron chi connectivity index (χ0n) is 16.6. The van der Waals surface area contributed by atoms with Gasteiger partial charge in [0, 0.05) is 18.5 Å². The molecule has 7 heteroatoms. The Balaban J connectivity index is 0.00000140. The molecule has 2 aliphatic rings. The molecule has 1 aromatic heterocycles. The van der Waals surface area contributed by atoms with Crippen LogP contribution < -0.4 is 11.1 Å². The smallest absolute Gasteiger partial charge is 0.223 e. The minimum Gasteiger partial charge on any atom is -0.346 e. The third-order valence-corrected chi connectivity index (χ3v) is 6.53. The van der Waals surface area contributed by atoms with Crippen molar-refractivity contribution in [1.29, 1.82) is 0 Å². The number of hydrogen-bond acceptors (Lipinski definition) is 3. The Morgan fingerprint density at radius 2 is 1.89 bits per heavy atom. The number of hydrogen-bond donors (Lipinski definition) is 2. The standard InChI is InChI=1S/C21H30N4O.2ClH/c1-3-25-18-10-5-4-9-17(18)24-20(25)13(2)23-21(26)16-11-14-7-6-8-15(12-16)19(14)22;;/h4-5,9-10,13-16,19H,3,6-8,11-12,22H2,1-2H3,(H,23,26);2*1H. The van der Waals surface area contributed by atoms with Crippen LogP contribution in [0.15, 0.2) is 24.3 Å². The summed E-state index contributed by atoms with van der Waals surface area (Å²) in [5.41, 5.74) is 8.49. The molecular weight excluding hydrogens is 395 g/mol. The van der Waals surface area contributed by atoms with Gasteiger partial charge in [0.25, 0.3) is 0 Å². The lowest BCUT2D eigenvalue weighted by molar-refractivity contribution is -0.128. The lowest BCUT2D eigenvalue weighted by Crippen LogP contribution is -2.49. The van der Waals surface area contributed by atoms with Crippen LogP contribution >= 0.6 is 24.8 Å². The SMILES string of the molecule is CCn1c(C(C)NC(=O)C2CC3CCCC(C2)C3N)nc2ccccc21.Cl.Cl. The van der Waals surface area contributed by atoms with Crippen molar-refractivity contribution in [1.82, 2.24) is 14.9 Å². The minimum absolute atomic E-state index is 0. The molecule has 1 aromatic carbocycles. The highest BCUT2D eigenvalue weighted by atomic mass is 35.5. The van der Waals surface area contributed by atoms with Gasteiger partial charge in [-0.1, -0.05) is 18.6 Å². The second kappa shape index (κ2) is 9.47. The van der Waals surface area contributed by atoms with Gasteiger partial charge in [-0.15, -0.1) is 24.8 Å². The number of benzene rings is 1. The number of rotatable bonds is 4. The van der Waals surface area contributed by atoms with Crippen LogP contribution in [0.3, 0.4) is 0 Å². The first-order valence-electron chi connectivity index (χ1n) is 10.1. The van der Waals surface area contributed by atoms with E-state index < -0.39 is 0 Å². The number of aromatic nitrogens is 2. The topological polar surface area (TPSA) is 72.9 Å². The number of imidazole rings is 1. The number of nitrogens with zero attached hydrogens (tertiary/aromatic N) is 2. The second-order valence-electron chi connectivity index (χ2n) is 8.13. The van der Waals surface area contributed by atoms with Crippen molar-refractivity contribution in [2.24, 2.45) is 23.5 Å². The lowest BCUT2D eigenvalue weighted by atomic mass is 9.65. The van der Waals surface area contributed by atoms with E-state index in [1.807, 2.05) is 25.1 Å². The van der Waals surface area contributed by atoms with Gasteiger partial charge < -0.3 is 15.6 Å². The first-order valence-corrected chi connectivity index (χ1v) is 10.1. The number of halogens is 2. The summed E-state index contributed by atoms with van der Waals surface area (Å²) in [4.78, 5) is 17.7. The van der Waals surface area contributed by atoms with Crippen LogP contribution in [0.4, 0.5) is 0 Å². The molecule has 2 fully saturated rings. The van der Waals surface area contributed by atoms with Gasteiger partial charge in [0.2, 0.25) is 5.91 Å². The average Bonchev–Trinajstić information content (AvgIpc) is 3.00. The van der Waals surface area contributed by atoms with Crippen molar-refractivity contribution in [3.63, 3.8) is 0 Å². The van der Waals surface area contributed by atoms with Gasteiger partial charge in [-0.3, -0.25) is 4.79 Å². The van der Waals surface area contributed by atoms with Gasteiger partial charge in [-0.25, -0.2) is 4.98 Å². The molecule has 0 aliphatic heterocycles. The summed E-state index contributed by atoms with van der Waals surface area (Å²) in [6.07, 6.45) is 5.53. The number of amides is 1. The van der Waals surface area contributed by atoms with Crippen LogP contribution in [0, 0.1) is 17.8 Å². The quantitative estimate of drug-likeness (QED) is 0.767. The van der Waals surface area contributed by atoms with Gasteiger partial charge >= 0.3 is 0 Å². The molecular formula is C21H32Cl2N4O. The summed E-state index contributed by atoms with van der Waals surface area (Å²) >= 11 is 0. The summed E-state index contributed by atoms with van der Waals surface area (Å²) in [5, 5.41) is 3.24. The van der Waals surface area contributed by atoms with E-state index >= 15 is 0 Å². The molecule has 2 aromatic rings. The number of carbonyl (C=O) groups is 1. The summed E-state index contributed by atoms with van der Waals surface area (Å²) in [7, 11) is 0. The van der Waals surface area contributed by atoms with Crippen molar-refractivity contribution in [2.75, 3.05) is 0 Å². The van der Waals surface area contributed by atoms with Gasteiger partial charge in [0.05, 0.1) is 17.1 Å². The summed E-state index contributed by atoms with van der Waals surface area (Å²) in [6.45, 7) is 5.01. The average molecular weight is 427 g/mol. The van der Waals surface area contributed by atoms with Gasteiger partial charge in [0.15, 0.2) is 0 Å². The highest BCUT2D eigenvalue weighted by molar-refractivity contribution is 5.85. The van der Waals surface area contributed by atoms with Crippen LogP contribution in [0.1, 0.15) is 57.8 Å². The Morgan fingerprint density at radius 3 is 2.54 bits per heavy atom. The molecule has 3 unspecified atom stereocenters. The lowest BCUT2D eigenvalue weighted by Gasteiger charge is -2.43. The van der Waals surface area contributed by atoms with Crippen LogP contribution in [-0.2, 0) is 11.3 Å². The van der Waals surface area contributed by atoms with Crippen LogP contribution in [0.5, 0.6) is 0 Å². The molecule has 0 radical (unpaired) electrons. The van der Waals surface area contributed by atoms with E-state index in [9.17, 15) is 4.79 Å². The molecule has 28 heavy (non-hydrogen) atoms. The fraction of sp³-hybridized carbons (Fsp3) is 0.619. The molecule has 156 valence electrons. The highest BCUT2D eigenvalue weighted by Crippen LogP contribution is 2.42. The maximum Gasteiger partial charge on any atom is 0.223 e. The molecule has 2 bridgehead atoms. The number of nitrogens with two attached hydrogens (primary N) is 1. The summed E-state index contributed by atoms with van der Waals surface area (Å²) in [6, 6.07) is 8.37. The third-order valence-electron chi connectivity index (χ3n) is 6.53. The van der Waals surface area contributed by atoms with E-state index in [2.05, 4.69) is 22.9 Å². The van der Waals surface area contributed by atoms with Crippen LogP contribution in [-0.4, -0.2) is 21.5 Å². The summed E-state index contributed by atoms with van der Waals surface area (Å²) in [5.74, 6) is 2.26. The van der Waals surface area contributed by atoms with Crippen molar-refractivity contribution in [3.8, 4) is 0 Å². The monoisotopic (exact) mass is 426 g/mol. The fourth-order valence-electron chi connectivity index (χ4n) is 5.16. The maximum atomic E-state index is 12.9. The molecule has 4 rings (SSSR count). The number of para-hydroxylation sites is 2. The van der Waals surface area contributed by atoms with Gasteiger partial charge in [-0.05, 0) is 63.5 Å². The molecule has 0 spiro atoms. The Hall–Kier alpha value is -1.30. The van der Waals surface area contributed by atoms with E-state index in [0.717, 1.165) is 36.2 Å². The maximum absolute atomic E-state index is 12.9.